The molecule has 2 aromatic heterocycles. The number of ether oxygens (including phenoxy) is 1. The molecule has 4 aromatic rings. The third kappa shape index (κ3) is 11.0. The van der Waals surface area contributed by atoms with Gasteiger partial charge >= 0.3 is 6.09 Å². The van der Waals surface area contributed by atoms with Crippen molar-refractivity contribution in [2.75, 3.05) is 18.4 Å². The lowest BCUT2D eigenvalue weighted by Gasteiger charge is -2.36. The Hall–Kier alpha value is -4.81. The first kappa shape index (κ1) is 44.3. The molecule has 12 nitrogen and oxygen atoms in total. The number of halogens is 1. The number of anilines is 1. The van der Waals surface area contributed by atoms with Crippen molar-refractivity contribution in [3.63, 3.8) is 0 Å². The highest BCUT2D eigenvalue weighted by Crippen LogP contribution is 2.40. The number of rotatable bonds is 11. The van der Waals surface area contributed by atoms with Crippen molar-refractivity contribution in [2.24, 2.45) is 4.99 Å². The van der Waals surface area contributed by atoms with Crippen molar-refractivity contribution >= 4 is 60.6 Å². The summed E-state index contributed by atoms with van der Waals surface area (Å²) in [5.41, 5.74) is 5.24. The number of hydrogen-bond donors (Lipinski definition) is 3. The van der Waals surface area contributed by atoms with Crippen molar-refractivity contribution in [1.29, 1.82) is 0 Å². The highest BCUT2D eigenvalue weighted by Gasteiger charge is 2.37. The van der Waals surface area contributed by atoms with E-state index >= 15 is 0 Å². The van der Waals surface area contributed by atoms with Crippen LogP contribution in [0.15, 0.2) is 47.5 Å². The Labute approximate surface area is 351 Å². The number of aliphatic imine (C=N–C) groups is 1. The van der Waals surface area contributed by atoms with Crippen LogP contribution in [0.3, 0.4) is 0 Å². The number of hydrogen-bond acceptors (Lipinski definition) is 9. The van der Waals surface area contributed by atoms with Gasteiger partial charge in [-0.15, -0.1) is 21.5 Å². The first-order valence-electron chi connectivity index (χ1n) is 19.3. The topological polar surface area (TPSA) is 149 Å². The van der Waals surface area contributed by atoms with E-state index in [9.17, 15) is 14.4 Å². The lowest BCUT2D eigenvalue weighted by Crippen LogP contribution is -2.40. The molecular formula is C43H54ClN7O5SSi. The van der Waals surface area contributed by atoms with Gasteiger partial charge in [0, 0.05) is 45.2 Å². The van der Waals surface area contributed by atoms with E-state index < -0.39 is 26.1 Å². The van der Waals surface area contributed by atoms with Gasteiger partial charge in [-0.25, -0.2) is 4.79 Å². The quantitative estimate of drug-likeness (QED) is 0.101. The molecule has 3 heterocycles. The van der Waals surface area contributed by atoms with Crippen LogP contribution in [-0.2, 0) is 25.4 Å². The van der Waals surface area contributed by atoms with E-state index in [4.69, 9.17) is 25.8 Å². The third-order valence-corrected chi connectivity index (χ3v) is 16.1. The summed E-state index contributed by atoms with van der Waals surface area (Å²) in [6.07, 6.45) is -0.480. The zero-order valence-electron chi connectivity index (χ0n) is 35.3. The molecule has 0 aliphatic carbocycles. The number of alkyl carbamates (subject to hydrolysis) is 1. The summed E-state index contributed by atoms with van der Waals surface area (Å²) < 4.78 is 13.8. The van der Waals surface area contributed by atoms with Gasteiger partial charge in [0.25, 0.3) is 0 Å². The van der Waals surface area contributed by atoms with Gasteiger partial charge in [-0.2, -0.15) is 0 Å². The summed E-state index contributed by atoms with van der Waals surface area (Å²) in [6, 6.07) is 12.4. The molecule has 0 unspecified atom stereocenters. The molecule has 0 radical (unpaired) electrons. The van der Waals surface area contributed by atoms with Crippen LogP contribution in [0.25, 0.3) is 5.00 Å². The molecule has 0 fully saturated rings. The van der Waals surface area contributed by atoms with Crippen LogP contribution in [0.4, 0.5) is 10.5 Å². The van der Waals surface area contributed by atoms with E-state index in [1.165, 1.54) is 0 Å². The molecule has 3 amide bonds. The lowest BCUT2D eigenvalue weighted by atomic mass is 9.99. The summed E-state index contributed by atoms with van der Waals surface area (Å²) >= 11 is 7.89. The predicted molar refractivity (Wildman–Crippen MR) is 234 cm³/mol. The number of benzene rings is 2. The number of aromatic nitrogens is 3. The molecule has 1 atom stereocenters. The highest BCUT2D eigenvalue weighted by atomic mass is 35.5. The molecule has 0 spiro atoms. The average Bonchev–Trinajstić information content (AvgIpc) is 3.60. The van der Waals surface area contributed by atoms with Gasteiger partial charge in [-0.3, -0.25) is 19.1 Å². The Balaban J connectivity index is 1.26. The fourth-order valence-corrected chi connectivity index (χ4v) is 8.17. The van der Waals surface area contributed by atoms with Crippen LogP contribution in [0.2, 0.25) is 23.2 Å². The van der Waals surface area contributed by atoms with E-state index in [-0.39, 0.29) is 42.8 Å². The summed E-state index contributed by atoms with van der Waals surface area (Å²) in [4.78, 5) is 45.0. The minimum atomic E-state index is -2.11. The van der Waals surface area contributed by atoms with Crippen molar-refractivity contribution < 1.29 is 23.5 Å². The van der Waals surface area contributed by atoms with Crippen LogP contribution in [0.5, 0.6) is 0 Å². The van der Waals surface area contributed by atoms with Gasteiger partial charge in [0.2, 0.25) is 11.8 Å². The van der Waals surface area contributed by atoms with Crippen molar-refractivity contribution in [1.82, 2.24) is 25.4 Å². The van der Waals surface area contributed by atoms with Gasteiger partial charge in [-0.1, -0.05) is 56.3 Å². The number of fused-ring (bicyclic) bond motifs is 3. The number of nitrogens with one attached hydrogen (secondary N) is 3. The maximum absolute atomic E-state index is 13.5. The maximum Gasteiger partial charge on any atom is 0.408 e. The van der Waals surface area contributed by atoms with Crippen LogP contribution < -0.4 is 16.0 Å². The normalized spacial score (nSPS) is 13.9. The number of nitrogens with zero attached hydrogens (tertiary/aromatic N) is 4. The first-order chi connectivity index (χ1) is 27.1. The summed E-state index contributed by atoms with van der Waals surface area (Å²) in [6.45, 7) is 22.9. The van der Waals surface area contributed by atoms with Crippen molar-refractivity contribution in [3.05, 3.63) is 91.8 Å². The minimum Gasteiger partial charge on any atom is -0.444 e. The number of aryl methyl sites for hydroxylation is 2. The number of carbonyl (C=O) groups excluding carboxylic acids is 3. The second kappa shape index (κ2) is 18.0. The Kier molecular flexibility index (Phi) is 13.7. The molecule has 0 saturated heterocycles. The molecule has 1 aliphatic rings. The summed E-state index contributed by atoms with van der Waals surface area (Å²) in [5, 5.41) is 19.0. The Morgan fingerprint density at radius 2 is 1.67 bits per heavy atom. The predicted octanol–water partition coefficient (Wildman–Crippen LogP) is 8.73. The van der Waals surface area contributed by atoms with Crippen molar-refractivity contribution in [3.8, 4) is 16.8 Å². The van der Waals surface area contributed by atoms with E-state index in [1.54, 1.807) is 38.2 Å². The maximum atomic E-state index is 13.5. The van der Waals surface area contributed by atoms with Crippen LogP contribution >= 0.6 is 22.9 Å². The Bertz CT molecular complexity index is 2270. The SMILES string of the molecule is Cc1sc2c(c1C)C(c1ccc(Cl)cc1)=N[C@@H](CC(=O)NCCC(=O)Nc1ccc(C#CCNC(=O)OC(C)(C)C)c(CO[Si](C)(C)C(C)(C)C)c1)c1nnc(C)n1-2. The lowest BCUT2D eigenvalue weighted by molar-refractivity contribution is -0.121. The summed E-state index contributed by atoms with van der Waals surface area (Å²) in [7, 11) is -2.11. The Morgan fingerprint density at radius 1 is 0.966 bits per heavy atom. The number of amides is 3. The van der Waals surface area contributed by atoms with E-state index in [0.717, 1.165) is 43.4 Å². The van der Waals surface area contributed by atoms with E-state index in [0.29, 0.717) is 29.0 Å². The van der Waals surface area contributed by atoms with Crippen molar-refractivity contribution in [2.45, 2.75) is 112 Å². The molecule has 3 N–H and O–H groups in total. The molecule has 5 rings (SSSR count). The molecule has 0 bridgehead atoms. The molecular weight excluding hydrogens is 790 g/mol. The zero-order chi connectivity index (χ0) is 42.6. The molecule has 58 heavy (non-hydrogen) atoms. The zero-order valence-corrected chi connectivity index (χ0v) is 37.8. The van der Waals surface area contributed by atoms with E-state index in [2.05, 4.69) is 85.7 Å². The molecule has 308 valence electrons. The van der Waals surface area contributed by atoms with Gasteiger partial charge in [0.15, 0.2) is 14.1 Å². The van der Waals surface area contributed by atoms with Gasteiger partial charge in [0.05, 0.1) is 25.3 Å². The monoisotopic (exact) mass is 843 g/mol. The fraction of sp³-hybridized carbons (Fsp3) is 0.442. The van der Waals surface area contributed by atoms with Crippen LogP contribution in [0.1, 0.15) is 105 Å². The summed E-state index contributed by atoms with van der Waals surface area (Å²) in [5.74, 6) is 6.88. The smallest absolute Gasteiger partial charge is 0.408 e. The molecule has 2 aromatic carbocycles. The molecule has 1 aliphatic heterocycles. The third-order valence-electron chi connectivity index (χ3n) is 10.1. The number of carbonyl (C=O) groups is 3. The first-order valence-corrected chi connectivity index (χ1v) is 23.4. The standard InChI is InChI=1S/C43H54ClN7O5SSi/c1-26-27(2)57-40-37(26)38(30-14-17-32(44)18-15-30)48-34(39-50-49-28(3)51(39)40)24-36(53)45-22-20-35(52)47-33-19-16-29(13-12-21-46-41(54)56-42(4,5)6)31(23-33)25-55-58(10,11)43(7,8)9/h14-19,23,34H,20-22,24-25H2,1-11H3,(H,45,53)(H,46,54)(H,47,52)/t34-/m0/s1. The van der Waals surface area contributed by atoms with Gasteiger partial charge in [0.1, 0.15) is 22.5 Å². The molecule has 0 saturated carbocycles. The van der Waals surface area contributed by atoms with Gasteiger partial charge in [-0.05, 0) is 101 Å². The second-order valence-electron chi connectivity index (χ2n) is 16.8. The highest BCUT2D eigenvalue weighted by molar-refractivity contribution is 7.15. The van der Waals surface area contributed by atoms with Crippen LogP contribution in [0, 0.1) is 32.6 Å². The second-order valence-corrected chi connectivity index (χ2v) is 23.3. The van der Waals surface area contributed by atoms with Crippen LogP contribution in [-0.4, -0.2) is 65.4 Å². The fourth-order valence-electron chi connectivity index (χ4n) is 5.88. The van der Waals surface area contributed by atoms with E-state index in [1.807, 2.05) is 47.9 Å². The van der Waals surface area contributed by atoms with Gasteiger partial charge < -0.3 is 25.1 Å². The largest absolute Gasteiger partial charge is 0.444 e. The molecule has 15 heteroatoms. The minimum absolute atomic E-state index is 0.00381. The number of thiophene rings is 1. The Morgan fingerprint density at radius 3 is 2.34 bits per heavy atom. The average molecular weight is 845 g/mol.